The Morgan fingerprint density at radius 3 is 1.47 bits per heavy atom. The van der Waals surface area contributed by atoms with Crippen LogP contribution in [0.4, 0.5) is 0 Å². The molecule has 8 aromatic carbocycles. The molecule has 0 heterocycles. The first-order valence-electron chi connectivity index (χ1n) is 15.9. The van der Waals surface area contributed by atoms with Crippen LogP contribution in [-0.2, 0) is 5.41 Å². The molecular weight excluding hydrogens is 540 g/mol. The van der Waals surface area contributed by atoms with Gasteiger partial charge in [0.2, 0.25) is 0 Å². The fraction of sp³-hybridized carbons (Fsp3) is 0.0667. The van der Waals surface area contributed by atoms with E-state index in [9.17, 15) is 0 Å². The van der Waals surface area contributed by atoms with E-state index in [2.05, 4.69) is 172 Å². The van der Waals surface area contributed by atoms with Crippen molar-refractivity contribution < 1.29 is 0 Å². The summed E-state index contributed by atoms with van der Waals surface area (Å²) in [5.41, 5.74) is 13.2. The highest BCUT2D eigenvalue weighted by Crippen LogP contribution is 2.50. The minimum atomic E-state index is -0.00467. The summed E-state index contributed by atoms with van der Waals surface area (Å²) in [6.07, 6.45) is 0. The molecular formula is C45H32. The number of hydrogen-bond donors (Lipinski definition) is 0. The standard InChI is InChI=1S/C45H32/c1-45(2)41-19-11-10-14-35(41)36-25-24-33(28-42(36)45)31-20-21-32-27-34(23-22-30(32)26-31)44-39-17-8-6-15-37(39)43(29-12-4-3-5-13-29)38-16-7-9-18-40(38)44/h3-28H,1-2H3. The van der Waals surface area contributed by atoms with Crippen molar-refractivity contribution in [1.29, 1.82) is 0 Å². The second-order valence-electron chi connectivity index (χ2n) is 12.9. The first kappa shape index (κ1) is 26.0. The van der Waals surface area contributed by atoms with Crippen LogP contribution in [0.2, 0.25) is 0 Å². The summed E-state index contributed by atoms with van der Waals surface area (Å²) in [6, 6.07) is 58.4. The molecule has 1 aliphatic carbocycles. The average Bonchev–Trinajstić information content (AvgIpc) is 3.32. The SMILES string of the molecule is CC1(C)c2ccccc2-c2ccc(-c3ccc4cc(-c5c6ccccc6c(-c6ccccc6)c6ccccc56)ccc4c3)cc21. The van der Waals surface area contributed by atoms with Crippen LogP contribution in [0, 0.1) is 0 Å². The van der Waals surface area contributed by atoms with E-state index < -0.39 is 0 Å². The third kappa shape index (κ3) is 3.92. The summed E-state index contributed by atoms with van der Waals surface area (Å²) in [6.45, 7) is 4.70. The highest BCUT2D eigenvalue weighted by atomic mass is 14.4. The van der Waals surface area contributed by atoms with Crippen molar-refractivity contribution in [1.82, 2.24) is 0 Å². The number of fused-ring (bicyclic) bond motifs is 6. The van der Waals surface area contributed by atoms with Crippen molar-refractivity contribution >= 4 is 32.3 Å². The minimum absolute atomic E-state index is 0.00467. The first-order valence-corrected chi connectivity index (χ1v) is 15.9. The molecule has 0 unspecified atom stereocenters. The monoisotopic (exact) mass is 572 g/mol. The van der Waals surface area contributed by atoms with Gasteiger partial charge in [0.15, 0.2) is 0 Å². The molecule has 9 rings (SSSR count). The van der Waals surface area contributed by atoms with Crippen LogP contribution < -0.4 is 0 Å². The maximum atomic E-state index is 2.41. The van der Waals surface area contributed by atoms with Gasteiger partial charge in [0.1, 0.15) is 0 Å². The third-order valence-electron chi connectivity index (χ3n) is 10.0. The molecule has 0 aliphatic heterocycles. The van der Waals surface area contributed by atoms with Gasteiger partial charge in [-0.2, -0.15) is 0 Å². The molecule has 0 radical (unpaired) electrons. The number of hydrogen-bond acceptors (Lipinski definition) is 0. The molecule has 212 valence electrons. The second-order valence-corrected chi connectivity index (χ2v) is 12.9. The van der Waals surface area contributed by atoms with E-state index in [1.807, 2.05) is 0 Å². The Labute approximate surface area is 264 Å². The van der Waals surface area contributed by atoms with Gasteiger partial charge in [-0.15, -0.1) is 0 Å². The Morgan fingerprint density at radius 2 is 0.800 bits per heavy atom. The lowest BCUT2D eigenvalue weighted by Gasteiger charge is -2.22. The quantitative estimate of drug-likeness (QED) is 0.185. The average molecular weight is 573 g/mol. The summed E-state index contributed by atoms with van der Waals surface area (Å²) in [5, 5.41) is 7.66. The fourth-order valence-corrected chi connectivity index (χ4v) is 7.82. The maximum Gasteiger partial charge on any atom is 0.0159 e. The summed E-state index contributed by atoms with van der Waals surface area (Å²) in [4.78, 5) is 0. The Balaban J connectivity index is 1.18. The van der Waals surface area contributed by atoms with Crippen LogP contribution in [0.3, 0.4) is 0 Å². The fourth-order valence-electron chi connectivity index (χ4n) is 7.82. The van der Waals surface area contributed by atoms with Crippen molar-refractivity contribution in [3.05, 3.63) is 169 Å². The van der Waals surface area contributed by atoms with Gasteiger partial charge >= 0.3 is 0 Å². The molecule has 0 amide bonds. The molecule has 0 heteroatoms. The summed E-state index contributed by atoms with van der Waals surface area (Å²) in [7, 11) is 0. The van der Waals surface area contributed by atoms with Gasteiger partial charge in [0, 0.05) is 5.41 Å². The zero-order chi connectivity index (χ0) is 30.1. The molecule has 0 spiro atoms. The van der Waals surface area contributed by atoms with E-state index in [4.69, 9.17) is 0 Å². The smallest absolute Gasteiger partial charge is 0.0159 e. The first-order chi connectivity index (χ1) is 22.1. The lowest BCUT2D eigenvalue weighted by atomic mass is 9.81. The predicted molar refractivity (Wildman–Crippen MR) is 193 cm³/mol. The van der Waals surface area contributed by atoms with Crippen molar-refractivity contribution in [3.63, 3.8) is 0 Å². The minimum Gasteiger partial charge on any atom is -0.0622 e. The zero-order valence-electron chi connectivity index (χ0n) is 25.5. The highest BCUT2D eigenvalue weighted by Gasteiger charge is 2.35. The summed E-state index contributed by atoms with van der Waals surface area (Å²) in [5.74, 6) is 0. The largest absolute Gasteiger partial charge is 0.0622 e. The predicted octanol–water partition coefficient (Wildman–Crippen LogP) is 12.5. The molecule has 0 nitrogen and oxygen atoms in total. The second kappa shape index (κ2) is 9.78. The van der Waals surface area contributed by atoms with Crippen LogP contribution in [-0.4, -0.2) is 0 Å². The summed E-state index contributed by atoms with van der Waals surface area (Å²) < 4.78 is 0. The number of benzene rings is 8. The molecule has 0 N–H and O–H groups in total. The van der Waals surface area contributed by atoms with Crippen molar-refractivity contribution in [2.75, 3.05) is 0 Å². The van der Waals surface area contributed by atoms with E-state index in [1.165, 1.54) is 88.0 Å². The summed E-state index contributed by atoms with van der Waals surface area (Å²) >= 11 is 0. The van der Waals surface area contributed by atoms with Crippen molar-refractivity contribution in [2.24, 2.45) is 0 Å². The molecule has 0 aromatic heterocycles. The Bertz CT molecular complexity index is 2390. The number of rotatable bonds is 3. The van der Waals surface area contributed by atoms with E-state index in [0.717, 1.165) is 0 Å². The van der Waals surface area contributed by atoms with Crippen LogP contribution in [0.1, 0.15) is 25.0 Å². The van der Waals surface area contributed by atoms with Gasteiger partial charge in [0.25, 0.3) is 0 Å². The van der Waals surface area contributed by atoms with Gasteiger partial charge in [0.05, 0.1) is 0 Å². The topological polar surface area (TPSA) is 0 Å². The van der Waals surface area contributed by atoms with Crippen LogP contribution in [0.5, 0.6) is 0 Å². The van der Waals surface area contributed by atoms with Crippen LogP contribution >= 0.6 is 0 Å². The Kier molecular flexibility index (Phi) is 5.64. The Hall–Kier alpha value is -5.46. The molecule has 8 aromatic rings. The van der Waals surface area contributed by atoms with Crippen molar-refractivity contribution in [3.8, 4) is 44.5 Å². The molecule has 0 saturated carbocycles. The van der Waals surface area contributed by atoms with Crippen LogP contribution in [0.15, 0.2) is 158 Å². The van der Waals surface area contributed by atoms with Crippen molar-refractivity contribution in [2.45, 2.75) is 19.3 Å². The maximum absolute atomic E-state index is 2.41. The molecule has 0 fully saturated rings. The van der Waals surface area contributed by atoms with E-state index in [-0.39, 0.29) is 5.41 Å². The van der Waals surface area contributed by atoms with Crippen LogP contribution in [0.25, 0.3) is 76.8 Å². The molecule has 45 heavy (non-hydrogen) atoms. The zero-order valence-corrected chi connectivity index (χ0v) is 25.5. The third-order valence-corrected chi connectivity index (χ3v) is 10.0. The van der Waals surface area contributed by atoms with Gasteiger partial charge < -0.3 is 0 Å². The van der Waals surface area contributed by atoms with E-state index >= 15 is 0 Å². The van der Waals surface area contributed by atoms with Gasteiger partial charge in [-0.25, -0.2) is 0 Å². The van der Waals surface area contributed by atoms with Gasteiger partial charge in [-0.1, -0.05) is 153 Å². The Morgan fingerprint density at radius 1 is 0.333 bits per heavy atom. The lowest BCUT2D eigenvalue weighted by molar-refractivity contribution is 0.660. The lowest BCUT2D eigenvalue weighted by Crippen LogP contribution is -2.14. The van der Waals surface area contributed by atoms with E-state index in [0.29, 0.717) is 0 Å². The van der Waals surface area contributed by atoms with Gasteiger partial charge in [-0.3, -0.25) is 0 Å². The van der Waals surface area contributed by atoms with E-state index in [1.54, 1.807) is 0 Å². The highest BCUT2D eigenvalue weighted by molar-refractivity contribution is 6.21. The molecule has 1 aliphatic rings. The normalized spacial score (nSPS) is 13.3. The molecule has 0 bridgehead atoms. The molecule has 0 atom stereocenters. The van der Waals surface area contributed by atoms with Gasteiger partial charge in [-0.05, 0) is 106 Å². The molecule has 0 saturated heterocycles.